The maximum absolute atomic E-state index is 5.51. The van der Waals surface area contributed by atoms with Gasteiger partial charge in [0.15, 0.2) is 0 Å². The Morgan fingerprint density at radius 2 is 0.917 bits per heavy atom. The van der Waals surface area contributed by atoms with E-state index in [0.29, 0.717) is 0 Å². The minimum absolute atomic E-state index is 0.859. The van der Waals surface area contributed by atoms with Crippen LogP contribution in [0.15, 0.2) is 206 Å². The Morgan fingerprint density at radius 1 is 0.317 bits per heavy atom. The maximum Gasteiger partial charge on any atom is 0.0980 e. The normalized spacial score (nSPS) is 12.3. The topological polar surface area (TPSA) is 34.0 Å². The van der Waals surface area contributed by atoms with Crippen molar-refractivity contribution in [1.82, 2.24) is 14.5 Å². The molecule has 0 saturated carbocycles. The molecular formula is C56H34N4. The van der Waals surface area contributed by atoms with Gasteiger partial charge in [-0.15, -0.1) is 0 Å². The molecule has 13 rings (SSSR count). The highest BCUT2D eigenvalue weighted by atomic mass is 15.2. The molecule has 4 heteroatoms. The largest absolute Gasteiger partial charge is 0.309 e. The minimum atomic E-state index is 0.859. The molecular weight excluding hydrogens is 729 g/mol. The van der Waals surface area contributed by atoms with Crippen LogP contribution in [0.4, 0.5) is 17.1 Å². The van der Waals surface area contributed by atoms with Gasteiger partial charge < -0.3 is 9.47 Å². The van der Waals surface area contributed by atoms with Crippen LogP contribution in [0.2, 0.25) is 0 Å². The molecule has 0 spiro atoms. The standard InChI is InChI=1S/C56H34N4/c1-2-19-38(20-3-1)59-48-28-11-8-23-43(48)54-44(25-14-30-51(54)59)56-55(57-46-26-9-10-27-47(46)58-56)42-31-32-49(40-22-7-6-21-39(40)42)60-50-29-13-18-35-17-12-24-41(53(35)50)45-33-36-15-4-5-16-37(36)34-52(45)60/h1-34H. The van der Waals surface area contributed by atoms with Crippen molar-refractivity contribution in [2.24, 2.45) is 0 Å². The van der Waals surface area contributed by atoms with Crippen LogP contribution in [0.5, 0.6) is 0 Å². The fourth-order valence-corrected chi connectivity index (χ4v) is 9.88. The zero-order valence-corrected chi connectivity index (χ0v) is 32.4. The predicted octanol–water partition coefficient (Wildman–Crippen LogP) is 15.0. The average molecular weight is 763 g/mol. The number of fused-ring (bicyclic) bond motifs is 8. The molecule has 3 heterocycles. The molecule has 1 aliphatic heterocycles. The van der Waals surface area contributed by atoms with Crippen LogP contribution in [0, 0.1) is 0 Å². The fraction of sp³-hybridized carbons (Fsp3) is 0. The van der Waals surface area contributed by atoms with Crippen molar-refractivity contribution >= 4 is 82.2 Å². The summed E-state index contributed by atoms with van der Waals surface area (Å²) >= 11 is 0. The lowest BCUT2D eigenvalue weighted by Gasteiger charge is -2.34. The summed E-state index contributed by atoms with van der Waals surface area (Å²) in [7, 11) is 0. The summed E-state index contributed by atoms with van der Waals surface area (Å²) in [5.41, 5.74) is 14.9. The lowest BCUT2D eigenvalue weighted by atomic mass is 9.88. The van der Waals surface area contributed by atoms with Gasteiger partial charge in [-0.2, -0.15) is 0 Å². The SMILES string of the molecule is c1ccc(-n2c3ccccc3c3c(-c4nc5ccccc5nc4-c4ccc(N5c6cc7ccccc7cc6-c6cccc7cccc5c67)c5ccccc45)cccc32)cc1. The quantitative estimate of drug-likeness (QED) is 0.179. The summed E-state index contributed by atoms with van der Waals surface area (Å²) in [5.74, 6) is 0. The summed E-state index contributed by atoms with van der Waals surface area (Å²) in [4.78, 5) is 13.5. The van der Waals surface area contributed by atoms with Crippen LogP contribution >= 0.6 is 0 Å². The Labute approximate surface area is 345 Å². The van der Waals surface area contributed by atoms with Gasteiger partial charge in [0.25, 0.3) is 0 Å². The van der Waals surface area contributed by atoms with Crippen molar-refractivity contribution < 1.29 is 0 Å². The molecule has 0 amide bonds. The van der Waals surface area contributed by atoms with Gasteiger partial charge in [0.1, 0.15) is 0 Å². The van der Waals surface area contributed by atoms with Gasteiger partial charge in [0.2, 0.25) is 0 Å². The van der Waals surface area contributed by atoms with Crippen molar-refractivity contribution in [2.75, 3.05) is 4.90 Å². The van der Waals surface area contributed by atoms with Gasteiger partial charge in [0.05, 0.1) is 50.5 Å². The second-order valence-electron chi connectivity index (χ2n) is 15.7. The van der Waals surface area contributed by atoms with Crippen molar-refractivity contribution in [3.8, 4) is 39.3 Å². The van der Waals surface area contributed by atoms with Crippen molar-refractivity contribution in [3.05, 3.63) is 206 Å². The smallest absolute Gasteiger partial charge is 0.0980 e. The molecule has 60 heavy (non-hydrogen) atoms. The third kappa shape index (κ3) is 4.73. The summed E-state index contributed by atoms with van der Waals surface area (Å²) in [6.45, 7) is 0. The number of nitrogens with zero attached hydrogens (tertiary/aromatic N) is 4. The van der Waals surface area contributed by atoms with Crippen LogP contribution in [-0.4, -0.2) is 14.5 Å². The van der Waals surface area contributed by atoms with Gasteiger partial charge in [-0.05, 0) is 93.8 Å². The van der Waals surface area contributed by atoms with E-state index in [2.05, 4.69) is 204 Å². The monoisotopic (exact) mass is 762 g/mol. The molecule has 278 valence electrons. The third-order valence-corrected chi connectivity index (χ3v) is 12.5. The highest BCUT2D eigenvalue weighted by Crippen LogP contribution is 2.54. The number of rotatable bonds is 4. The first-order valence-corrected chi connectivity index (χ1v) is 20.5. The molecule has 12 aromatic rings. The van der Waals surface area contributed by atoms with Crippen LogP contribution in [0.1, 0.15) is 0 Å². The van der Waals surface area contributed by atoms with E-state index < -0.39 is 0 Å². The van der Waals surface area contributed by atoms with E-state index in [0.717, 1.165) is 72.1 Å². The van der Waals surface area contributed by atoms with Crippen LogP contribution in [0.3, 0.4) is 0 Å². The Kier molecular flexibility index (Phi) is 6.98. The van der Waals surface area contributed by atoms with Crippen LogP contribution in [0.25, 0.3) is 104 Å². The molecule has 1 aliphatic rings. The highest BCUT2D eigenvalue weighted by Gasteiger charge is 2.29. The number of hydrogen-bond donors (Lipinski definition) is 0. The molecule has 0 unspecified atom stereocenters. The lowest BCUT2D eigenvalue weighted by molar-refractivity contribution is 1.18. The van der Waals surface area contributed by atoms with Crippen molar-refractivity contribution in [1.29, 1.82) is 0 Å². The van der Waals surface area contributed by atoms with Gasteiger partial charge >= 0.3 is 0 Å². The van der Waals surface area contributed by atoms with E-state index in [-0.39, 0.29) is 0 Å². The van der Waals surface area contributed by atoms with Gasteiger partial charge in [0, 0.05) is 43.9 Å². The first-order chi connectivity index (χ1) is 29.8. The first kappa shape index (κ1) is 32.9. The number of anilines is 3. The van der Waals surface area contributed by atoms with Crippen LogP contribution in [-0.2, 0) is 0 Å². The molecule has 0 radical (unpaired) electrons. The summed E-state index contributed by atoms with van der Waals surface area (Å²) < 4.78 is 2.37. The molecule has 0 atom stereocenters. The van der Waals surface area contributed by atoms with Gasteiger partial charge in [-0.1, -0.05) is 140 Å². The molecule has 0 N–H and O–H groups in total. The Morgan fingerprint density at radius 3 is 1.73 bits per heavy atom. The van der Waals surface area contributed by atoms with Crippen molar-refractivity contribution in [2.45, 2.75) is 0 Å². The summed E-state index contributed by atoms with van der Waals surface area (Å²) in [5, 5.41) is 9.55. The van der Waals surface area contributed by atoms with E-state index in [1.165, 1.54) is 49.4 Å². The second kappa shape index (κ2) is 12.7. The number of hydrogen-bond acceptors (Lipinski definition) is 3. The molecule has 0 saturated heterocycles. The minimum Gasteiger partial charge on any atom is -0.309 e. The fourth-order valence-electron chi connectivity index (χ4n) is 9.88. The van der Waals surface area contributed by atoms with E-state index in [9.17, 15) is 0 Å². The van der Waals surface area contributed by atoms with E-state index in [1.807, 2.05) is 12.1 Å². The second-order valence-corrected chi connectivity index (χ2v) is 15.7. The lowest BCUT2D eigenvalue weighted by Crippen LogP contribution is -2.15. The van der Waals surface area contributed by atoms with Gasteiger partial charge in [-0.3, -0.25) is 0 Å². The number of benzene rings is 10. The zero-order valence-electron chi connectivity index (χ0n) is 32.4. The summed E-state index contributed by atoms with van der Waals surface area (Å²) in [6.07, 6.45) is 0. The molecule has 0 fully saturated rings. The molecule has 0 bridgehead atoms. The Bertz CT molecular complexity index is 3730. The number of aromatic nitrogens is 3. The third-order valence-electron chi connectivity index (χ3n) is 12.5. The molecule has 10 aromatic carbocycles. The zero-order chi connectivity index (χ0) is 39.3. The van der Waals surface area contributed by atoms with E-state index in [1.54, 1.807) is 0 Å². The first-order valence-electron chi connectivity index (χ1n) is 20.5. The van der Waals surface area contributed by atoms with Crippen LogP contribution < -0.4 is 4.90 Å². The molecule has 2 aromatic heterocycles. The van der Waals surface area contributed by atoms with Crippen molar-refractivity contribution in [3.63, 3.8) is 0 Å². The van der Waals surface area contributed by atoms with E-state index >= 15 is 0 Å². The predicted molar refractivity (Wildman–Crippen MR) is 251 cm³/mol. The molecule has 0 aliphatic carbocycles. The maximum atomic E-state index is 5.51. The molecule has 4 nitrogen and oxygen atoms in total. The average Bonchev–Trinajstić information content (AvgIpc) is 3.66. The number of para-hydroxylation sites is 4. The Hall–Kier alpha value is -8.08. The Balaban J connectivity index is 1.09. The summed E-state index contributed by atoms with van der Waals surface area (Å²) in [6, 6.07) is 74.3. The van der Waals surface area contributed by atoms with E-state index in [4.69, 9.17) is 9.97 Å². The van der Waals surface area contributed by atoms with Gasteiger partial charge in [-0.25, -0.2) is 9.97 Å². The highest BCUT2D eigenvalue weighted by molar-refractivity contribution is 6.20.